The first-order chi connectivity index (χ1) is 18.4. The van der Waals surface area contributed by atoms with E-state index in [1.54, 1.807) is 18.2 Å². The summed E-state index contributed by atoms with van der Waals surface area (Å²) in [5.74, 6) is 1.77. The highest BCUT2D eigenvalue weighted by Gasteiger charge is 2.28. The van der Waals surface area contributed by atoms with Gasteiger partial charge in [0, 0.05) is 36.3 Å². The molecule has 1 atom stereocenters. The zero-order chi connectivity index (χ0) is 26.6. The van der Waals surface area contributed by atoms with Crippen LogP contribution in [0.2, 0.25) is 5.02 Å². The molecule has 1 amide bonds. The van der Waals surface area contributed by atoms with Gasteiger partial charge >= 0.3 is 0 Å². The number of anilines is 1. The monoisotopic (exact) mass is 531 g/mol. The lowest BCUT2D eigenvalue weighted by Crippen LogP contribution is -2.40. The molecule has 1 aliphatic rings. The molecule has 2 N–H and O–H groups in total. The van der Waals surface area contributed by atoms with Crippen LogP contribution in [0.15, 0.2) is 67.0 Å². The fourth-order valence-corrected chi connectivity index (χ4v) is 4.72. The van der Waals surface area contributed by atoms with Crippen molar-refractivity contribution >= 4 is 34.4 Å². The molecule has 38 heavy (non-hydrogen) atoms. The number of hydrogen-bond acceptors (Lipinski definition) is 7. The summed E-state index contributed by atoms with van der Waals surface area (Å²) in [5, 5.41) is 6.32. The number of likely N-dealkylation sites (tertiary alicyclic amines) is 1. The molecule has 196 valence electrons. The first-order valence-corrected chi connectivity index (χ1v) is 12.9. The Morgan fingerprint density at radius 1 is 1.13 bits per heavy atom. The van der Waals surface area contributed by atoms with E-state index in [1.165, 1.54) is 6.33 Å². The van der Waals surface area contributed by atoms with Crippen LogP contribution in [0.1, 0.15) is 18.9 Å². The molecular weight excluding hydrogens is 502 g/mol. The Hall–Kier alpha value is -3.95. The Labute approximate surface area is 226 Å². The number of carbonyl (C=O) groups excluding carboxylic acids is 1. The average Bonchev–Trinajstić information content (AvgIpc) is 3.31. The summed E-state index contributed by atoms with van der Waals surface area (Å²) in [6.45, 7) is 1.99. The summed E-state index contributed by atoms with van der Waals surface area (Å²) >= 11 is 5.97. The number of hydrogen-bond donors (Lipinski definition) is 1. The van der Waals surface area contributed by atoms with Crippen molar-refractivity contribution in [2.24, 2.45) is 0 Å². The Morgan fingerprint density at radius 2 is 1.84 bits per heavy atom. The van der Waals surface area contributed by atoms with Gasteiger partial charge in [0.1, 0.15) is 29.3 Å². The summed E-state index contributed by atoms with van der Waals surface area (Å²) in [5.41, 5.74) is 8.55. The van der Waals surface area contributed by atoms with Gasteiger partial charge in [0.2, 0.25) is 5.91 Å². The number of ether oxygens (including phenoxy) is 1. The fraction of sp³-hybridized carbons (Fsp3) is 0.286. The average molecular weight is 532 g/mol. The maximum atomic E-state index is 12.8. The molecule has 0 bridgehead atoms. The Balaban J connectivity index is 1.41. The second-order valence-corrected chi connectivity index (χ2v) is 10.0. The van der Waals surface area contributed by atoms with Crippen molar-refractivity contribution in [2.75, 3.05) is 39.5 Å². The molecule has 0 saturated carbocycles. The van der Waals surface area contributed by atoms with E-state index in [2.05, 4.69) is 9.97 Å². The van der Waals surface area contributed by atoms with E-state index in [9.17, 15) is 4.79 Å². The van der Waals surface area contributed by atoms with Crippen LogP contribution in [0.5, 0.6) is 11.5 Å². The number of fused-ring (bicyclic) bond motifs is 1. The van der Waals surface area contributed by atoms with E-state index in [-0.39, 0.29) is 11.9 Å². The molecule has 0 aliphatic carbocycles. The number of likely N-dealkylation sites (N-methyl/N-ethyl adjacent to an activating group) is 1. The van der Waals surface area contributed by atoms with Gasteiger partial charge in [-0.3, -0.25) is 4.79 Å². The fourth-order valence-electron chi connectivity index (χ4n) is 4.60. The summed E-state index contributed by atoms with van der Waals surface area (Å²) < 4.78 is 7.84. The number of nitrogen functional groups attached to an aromatic ring is 1. The minimum absolute atomic E-state index is 0.0126. The SMILES string of the molecule is CN(C)CC=CC(=O)N1CCCC(n2nc(-c3ccc(Oc4ccc(Cl)cc4)cc3)c3c(N)ncnc32)C1. The normalized spacial score (nSPS) is 16.0. The van der Waals surface area contributed by atoms with E-state index in [1.807, 2.05) is 71.1 Å². The molecule has 0 radical (unpaired) electrons. The second kappa shape index (κ2) is 11.2. The molecule has 5 rings (SSSR count). The second-order valence-electron chi connectivity index (χ2n) is 9.58. The summed E-state index contributed by atoms with van der Waals surface area (Å²) in [6.07, 6.45) is 6.77. The maximum Gasteiger partial charge on any atom is 0.246 e. The van der Waals surface area contributed by atoms with Gasteiger partial charge in [-0.1, -0.05) is 17.7 Å². The zero-order valence-corrected chi connectivity index (χ0v) is 22.2. The minimum atomic E-state index is -0.0204. The van der Waals surface area contributed by atoms with Crippen LogP contribution in [0.4, 0.5) is 5.82 Å². The first-order valence-electron chi connectivity index (χ1n) is 12.5. The van der Waals surface area contributed by atoms with E-state index >= 15 is 0 Å². The van der Waals surface area contributed by atoms with Gasteiger partial charge in [-0.2, -0.15) is 5.10 Å². The molecule has 2 aromatic carbocycles. The number of carbonyl (C=O) groups is 1. The Kier molecular flexibility index (Phi) is 7.57. The highest BCUT2D eigenvalue weighted by Crippen LogP contribution is 2.35. The number of nitrogens with two attached hydrogens (primary N) is 1. The van der Waals surface area contributed by atoms with Crippen molar-refractivity contribution < 1.29 is 9.53 Å². The van der Waals surface area contributed by atoms with E-state index in [0.29, 0.717) is 45.6 Å². The van der Waals surface area contributed by atoms with E-state index < -0.39 is 0 Å². The van der Waals surface area contributed by atoms with Gasteiger partial charge < -0.3 is 20.3 Å². The summed E-state index contributed by atoms with van der Waals surface area (Å²) in [7, 11) is 3.94. The van der Waals surface area contributed by atoms with Crippen LogP contribution in [0.25, 0.3) is 22.3 Å². The predicted octanol–water partition coefficient (Wildman–Crippen LogP) is 4.80. The quantitative estimate of drug-likeness (QED) is 0.342. The standard InChI is InChI=1S/C28H30ClN7O2/c1-34(2)15-4-6-24(37)35-16-3-5-21(17-35)36-28-25(27(30)31-18-32-28)26(33-36)19-7-11-22(12-8-19)38-23-13-9-20(29)10-14-23/h4,6-14,18,21H,3,5,15-17H2,1-2H3,(H2,30,31,32). The van der Waals surface area contributed by atoms with Crippen LogP contribution >= 0.6 is 11.6 Å². The lowest BCUT2D eigenvalue weighted by molar-refractivity contribution is -0.127. The van der Waals surface area contributed by atoms with Crippen molar-refractivity contribution in [3.63, 3.8) is 0 Å². The smallest absolute Gasteiger partial charge is 0.246 e. The van der Waals surface area contributed by atoms with Gasteiger partial charge in [0.05, 0.1) is 11.4 Å². The molecule has 1 saturated heterocycles. The van der Waals surface area contributed by atoms with Crippen LogP contribution < -0.4 is 10.5 Å². The molecule has 1 fully saturated rings. The number of amides is 1. The van der Waals surface area contributed by atoms with Gasteiger partial charge in [0.15, 0.2) is 5.65 Å². The Bertz CT molecular complexity index is 1450. The molecule has 10 heteroatoms. The van der Waals surface area contributed by atoms with Crippen molar-refractivity contribution in [2.45, 2.75) is 18.9 Å². The highest BCUT2D eigenvalue weighted by atomic mass is 35.5. The topological polar surface area (TPSA) is 102 Å². The van der Waals surface area contributed by atoms with Gasteiger partial charge in [-0.25, -0.2) is 14.6 Å². The van der Waals surface area contributed by atoms with Crippen LogP contribution in [0, 0.1) is 0 Å². The van der Waals surface area contributed by atoms with Gasteiger partial charge in [-0.15, -0.1) is 0 Å². The largest absolute Gasteiger partial charge is 0.457 e. The van der Waals surface area contributed by atoms with Gasteiger partial charge in [0.25, 0.3) is 0 Å². The summed E-state index contributed by atoms with van der Waals surface area (Å²) in [6, 6.07) is 14.8. The number of piperidine rings is 1. The molecule has 1 unspecified atom stereocenters. The molecule has 3 heterocycles. The van der Waals surface area contributed by atoms with Crippen LogP contribution in [-0.4, -0.2) is 69.2 Å². The van der Waals surface area contributed by atoms with Gasteiger partial charge in [-0.05, 0) is 75.5 Å². The molecule has 1 aliphatic heterocycles. The maximum absolute atomic E-state index is 12.8. The molecule has 2 aromatic heterocycles. The first kappa shape index (κ1) is 25.7. The molecule has 4 aromatic rings. The third kappa shape index (κ3) is 5.64. The van der Waals surface area contributed by atoms with Crippen molar-refractivity contribution in [3.05, 3.63) is 72.0 Å². The third-order valence-electron chi connectivity index (χ3n) is 6.48. The Morgan fingerprint density at radius 3 is 2.55 bits per heavy atom. The summed E-state index contributed by atoms with van der Waals surface area (Å²) in [4.78, 5) is 25.5. The van der Waals surface area contributed by atoms with Crippen LogP contribution in [0.3, 0.4) is 0 Å². The predicted molar refractivity (Wildman–Crippen MR) is 149 cm³/mol. The number of aromatic nitrogens is 4. The number of halogens is 1. The highest BCUT2D eigenvalue weighted by molar-refractivity contribution is 6.30. The van der Waals surface area contributed by atoms with E-state index in [0.717, 1.165) is 31.5 Å². The molecule has 9 nitrogen and oxygen atoms in total. The lowest BCUT2D eigenvalue weighted by atomic mass is 10.1. The lowest BCUT2D eigenvalue weighted by Gasteiger charge is -2.32. The van der Waals surface area contributed by atoms with Crippen molar-refractivity contribution in [1.82, 2.24) is 29.5 Å². The van der Waals surface area contributed by atoms with Crippen LogP contribution in [-0.2, 0) is 4.79 Å². The number of benzene rings is 2. The molecular formula is C28H30ClN7O2. The minimum Gasteiger partial charge on any atom is -0.457 e. The van der Waals surface area contributed by atoms with E-state index in [4.69, 9.17) is 27.2 Å². The molecule has 0 spiro atoms. The zero-order valence-electron chi connectivity index (χ0n) is 21.4. The van der Waals surface area contributed by atoms with Crippen molar-refractivity contribution in [3.8, 4) is 22.8 Å². The third-order valence-corrected chi connectivity index (χ3v) is 6.73. The number of nitrogens with zero attached hydrogens (tertiary/aromatic N) is 6. The van der Waals surface area contributed by atoms with Crippen molar-refractivity contribution in [1.29, 1.82) is 0 Å². The number of rotatable bonds is 7.